The summed E-state index contributed by atoms with van der Waals surface area (Å²) in [6.07, 6.45) is 7.88. The maximum Gasteiger partial charge on any atom is 0.262 e. The number of ether oxygens (including phenoxy) is 1. The van der Waals surface area contributed by atoms with Crippen LogP contribution in [0.4, 0.5) is 5.69 Å². The van der Waals surface area contributed by atoms with Gasteiger partial charge in [-0.1, -0.05) is 31.0 Å². The van der Waals surface area contributed by atoms with Crippen molar-refractivity contribution in [2.45, 2.75) is 94.3 Å². The average molecular weight is 696 g/mol. The van der Waals surface area contributed by atoms with Gasteiger partial charge in [-0.25, -0.2) is 4.21 Å². The number of nitrogens with one attached hydrogen (secondary N) is 1. The molecule has 3 aliphatic heterocycles. The van der Waals surface area contributed by atoms with Crippen molar-refractivity contribution in [3.05, 3.63) is 58.1 Å². The molecule has 260 valence electrons. The van der Waals surface area contributed by atoms with E-state index in [0.717, 1.165) is 68.7 Å². The third-order valence-electron chi connectivity index (χ3n) is 12.5. The molecular weight excluding hydrogens is 646 g/mol. The van der Waals surface area contributed by atoms with E-state index in [2.05, 4.69) is 27.6 Å². The van der Waals surface area contributed by atoms with Crippen LogP contribution in [0, 0.1) is 17.8 Å². The maximum atomic E-state index is 13.9. The van der Waals surface area contributed by atoms with Crippen LogP contribution in [-0.4, -0.2) is 75.5 Å². The Morgan fingerprint density at radius 1 is 1.10 bits per heavy atom. The predicted octanol–water partition coefficient (Wildman–Crippen LogP) is 5.76. The molecule has 1 saturated carbocycles. The number of aliphatic hydroxyl groups is 1. The van der Waals surface area contributed by atoms with Crippen molar-refractivity contribution in [1.82, 2.24) is 9.62 Å². The molecule has 2 bridgehead atoms. The number of hydrogen-bond donors (Lipinski definition) is 2. The molecular formula is C38H50ClN3O5S. The van der Waals surface area contributed by atoms with Crippen LogP contribution in [0.2, 0.25) is 5.02 Å². The molecule has 10 heteroatoms. The fourth-order valence-electron chi connectivity index (χ4n) is 9.03. The molecule has 8 nitrogen and oxygen atoms in total. The topological polar surface area (TPSA) is 99.2 Å². The zero-order chi connectivity index (χ0) is 33.8. The highest BCUT2D eigenvalue weighted by Gasteiger charge is 2.50. The second-order valence-corrected chi connectivity index (χ2v) is 18.3. The van der Waals surface area contributed by atoms with Crippen LogP contribution < -0.4 is 14.4 Å². The molecule has 7 atom stereocenters. The molecule has 48 heavy (non-hydrogen) atoms. The Balaban J connectivity index is 1.29. The second-order valence-electron chi connectivity index (χ2n) is 15.5. The Hall–Kier alpha value is -2.75. The van der Waals surface area contributed by atoms with Gasteiger partial charge < -0.3 is 19.6 Å². The molecule has 2 aliphatic carbocycles. The van der Waals surface area contributed by atoms with Gasteiger partial charge in [0.25, 0.3) is 5.91 Å². The van der Waals surface area contributed by atoms with Crippen LogP contribution in [0.3, 0.4) is 0 Å². The van der Waals surface area contributed by atoms with Crippen LogP contribution >= 0.6 is 11.6 Å². The minimum atomic E-state index is -2.98. The first kappa shape index (κ1) is 33.7. The van der Waals surface area contributed by atoms with Crippen molar-refractivity contribution in [2.75, 3.05) is 37.7 Å². The quantitative estimate of drug-likeness (QED) is 0.388. The maximum absolute atomic E-state index is 13.9. The number of hydrogen-bond acceptors (Lipinski definition) is 6. The number of likely N-dealkylation sites (tertiary alicyclic amines) is 1. The number of benzene rings is 2. The van der Waals surface area contributed by atoms with Gasteiger partial charge in [0.05, 0.1) is 34.0 Å². The fourth-order valence-corrected chi connectivity index (χ4v) is 10.7. The normalized spacial score (nSPS) is 35.2. The lowest BCUT2D eigenvalue weighted by Crippen LogP contribution is -2.55. The highest BCUT2D eigenvalue weighted by atomic mass is 35.5. The molecule has 1 saturated heterocycles. The Morgan fingerprint density at radius 2 is 1.92 bits per heavy atom. The molecule has 0 aromatic heterocycles. The summed E-state index contributed by atoms with van der Waals surface area (Å²) in [5.41, 5.74) is 2.37. The Bertz CT molecular complexity index is 1690. The zero-order valence-corrected chi connectivity index (χ0v) is 29.9. The minimum absolute atomic E-state index is 0.00361. The summed E-state index contributed by atoms with van der Waals surface area (Å²) in [7, 11) is -2.98. The highest BCUT2D eigenvalue weighted by Crippen LogP contribution is 2.50. The first-order chi connectivity index (χ1) is 22.9. The van der Waals surface area contributed by atoms with Gasteiger partial charge in [0.15, 0.2) is 0 Å². The summed E-state index contributed by atoms with van der Waals surface area (Å²) in [5, 5.41) is 12.9. The molecule has 3 heterocycles. The molecule has 2 fully saturated rings. The summed E-state index contributed by atoms with van der Waals surface area (Å²) < 4.78 is 23.3. The van der Waals surface area contributed by atoms with Gasteiger partial charge in [-0.3, -0.25) is 14.3 Å². The summed E-state index contributed by atoms with van der Waals surface area (Å²) in [4.78, 5) is 31.3. The van der Waals surface area contributed by atoms with Crippen molar-refractivity contribution in [3.8, 4) is 5.75 Å². The van der Waals surface area contributed by atoms with E-state index in [1.165, 1.54) is 11.1 Å². The van der Waals surface area contributed by atoms with E-state index >= 15 is 0 Å². The SMILES string of the molecule is C=S1(=O)NC(=O)c2ccc3c(c2)N(C[C@@H]2CC[C@H]2[C@@](O)(CC(=O)N2CCC2)CCC[C@H](C)[C@H]1C)C[C@@]1(CCCc2cc(Cl)ccc21)CO3. The van der Waals surface area contributed by atoms with E-state index in [0.29, 0.717) is 43.9 Å². The third-order valence-corrected chi connectivity index (χ3v) is 14.9. The van der Waals surface area contributed by atoms with Gasteiger partial charge in [0, 0.05) is 47.4 Å². The Labute approximate surface area is 290 Å². The van der Waals surface area contributed by atoms with Gasteiger partial charge in [-0.05, 0) is 123 Å². The smallest absolute Gasteiger partial charge is 0.262 e. The Kier molecular flexibility index (Phi) is 9.03. The molecule has 2 amide bonds. The third kappa shape index (κ3) is 6.24. The second kappa shape index (κ2) is 12.9. The number of rotatable bonds is 2. The first-order valence-electron chi connectivity index (χ1n) is 17.9. The number of amides is 2. The monoisotopic (exact) mass is 695 g/mol. The molecule has 7 rings (SSSR count). The molecule has 1 spiro atoms. The molecule has 0 radical (unpaired) electrons. The summed E-state index contributed by atoms with van der Waals surface area (Å²) in [6.45, 7) is 7.32. The van der Waals surface area contributed by atoms with Crippen LogP contribution in [-0.2, 0) is 26.3 Å². The van der Waals surface area contributed by atoms with Crippen molar-refractivity contribution in [1.29, 1.82) is 0 Å². The van der Waals surface area contributed by atoms with Gasteiger partial charge >= 0.3 is 0 Å². The Morgan fingerprint density at radius 3 is 2.65 bits per heavy atom. The highest BCUT2D eigenvalue weighted by molar-refractivity contribution is 7.99. The van der Waals surface area contributed by atoms with E-state index in [4.69, 9.17) is 16.3 Å². The number of anilines is 1. The molecule has 2 aromatic carbocycles. The lowest BCUT2D eigenvalue weighted by atomic mass is 9.61. The number of halogens is 1. The van der Waals surface area contributed by atoms with Gasteiger partial charge in [-0.2, -0.15) is 0 Å². The van der Waals surface area contributed by atoms with E-state index in [9.17, 15) is 18.9 Å². The van der Waals surface area contributed by atoms with Crippen molar-refractivity contribution in [2.24, 2.45) is 17.8 Å². The van der Waals surface area contributed by atoms with Gasteiger partial charge in [0.1, 0.15) is 5.75 Å². The zero-order valence-electron chi connectivity index (χ0n) is 28.3. The van der Waals surface area contributed by atoms with E-state index in [1.807, 2.05) is 36.9 Å². The number of carbonyl (C=O) groups excluding carboxylic acids is 2. The number of aryl methyl sites for hydroxylation is 1. The summed E-state index contributed by atoms with van der Waals surface area (Å²) in [5.74, 6) is 4.51. The van der Waals surface area contributed by atoms with Crippen LogP contribution in [0.25, 0.3) is 0 Å². The molecule has 5 aliphatic rings. The predicted molar refractivity (Wildman–Crippen MR) is 192 cm³/mol. The first-order valence-corrected chi connectivity index (χ1v) is 20.0. The van der Waals surface area contributed by atoms with Crippen LogP contribution in [0.5, 0.6) is 5.75 Å². The van der Waals surface area contributed by atoms with Crippen LogP contribution in [0.1, 0.15) is 93.1 Å². The van der Waals surface area contributed by atoms with Crippen molar-refractivity contribution < 1.29 is 23.6 Å². The average Bonchev–Trinajstić information content (AvgIpc) is 3.13. The van der Waals surface area contributed by atoms with E-state index in [1.54, 1.807) is 6.07 Å². The number of fused-ring (bicyclic) bond motifs is 4. The molecule has 2 N–H and O–H groups in total. The van der Waals surface area contributed by atoms with Crippen molar-refractivity contribution in [3.63, 3.8) is 0 Å². The summed E-state index contributed by atoms with van der Waals surface area (Å²) >= 11 is 6.46. The fraction of sp³-hybridized carbons (Fsp3) is 0.605. The van der Waals surface area contributed by atoms with Crippen LogP contribution in [0.15, 0.2) is 36.4 Å². The molecule has 2 aromatic rings. The summed E-state index contributed by atoms with van der Waals surface area (Å²) in [6, 6.07) is 11.7. The molecule has 1 unspecified atom stereocenters. The number of nitrogens with zero attached hydrogens (tertiary/aromatic N) is 2. The van der Waals surface area contributed by atoms with E-state index in [-0.39, 0.29) is 40.7 Å². The minimum Gasteiger partial charge on any atom is -0.490 e. The van der Waals surface area contributed by atoms with Gasteiger partial charge in [0.2, 0.25) is 5.91 Å². The number of carbonyl (C=O) groups is 2. The van der Waals surface area contributed by atoms with Gasteiger partial charge in [-0.15, -0.1) is 0 Å². The lowest BCUT2D eigenvalue weighted by molar-refractivity contribution is -0.149. The lowest BCUT2D eigenvalue weighted by Gasteiger charge is -2.50. The standard InChI is InChI=1S/C38H50ClN3O5S/c1-25-7-4-16-38(45,21-35(43)41-17-6-18-41)32-12-9-29(32)22-42-23-37(15-5-8-27-19-30(39)11-13-31(27)37)24-47-34-14-10-28(20-33(34)42)36(44)40-48(3,46)26(25)2/h10-11,13-14,19-20,25-26,29,32,45H,3-9,12,15-18,21-24H2,1-2H3,(H,40,44,46)/t25-,26+,29-,32+,37-,38-,48?/m0/s1. The van der Waals surface area contributed by atoms with E-state index < -0.39 is 21.2 Å². The largest absolute Gasteiger partial charge is 0.490 e. The van der Waals surface area contributed by atoms with Crippen molar-refractivity contribution >= 4 is 44.7 Å².